The zero-order valence-electron chi connectivity index (χ0n) is 10.5. The van der Waals surface area contributed by atoms with Gasteiger partial charge in [0.1, 0.15) is 24.1 Å². The van der Waals surface area contributed by atoms with Crippen LogP contribution in [0.4, 0.5) is 0 Å². The lowest BCUT2D eigenvalue weighted by atomic mass is 9.87. The highest BCUT2D eigenvalue weighted by Crippen LogP contribution is 2.28. The molecule has 8 heteroatoms. The minimum Gasteiger partial charge on any atom is -0.394 e. The second-order valence-electron chi connectivity index (χ2n) is 4.67. The number of rotatable bonds is 5. The summed E-state index contributed by atoms with van der Waals surface area (Å²) in [4.78, 5) is 22.7. The smallest absolute Gasteiger partial charge is 0.245 e. The van der Waals surface area contributed by atoms with Gasteiger partial charge in [0, 0.05) is 12.8 Å². The van der Waals surface area contributed by atoms with Gasteiger partial charge in [0.2, 0.25) is 5.79 Å². The van der Waals surface area contributed by atoms with Gasteiger partial charge in [-0.3, -0.25) is 4.79 Å². The first-order valence-electron chi connectivity index (χ1n) is 5.89. The Morgan fingerprint density at radius 3 is 2.32 bits per heavy atom. The normalized spacial score (nSPS) is 39.1. The van der Waals surface area contributed by atoms with Crippen molar-refractivity contribution >= 4 is 11.6 Å². The molecule has 0 aromatic carbocycles. The fourth-order valence-corrected chi connectivity index (χ4v) is 1.91. The summed E-state index contributed by atoms with van der Waals surface area (Å²) in [5, 5.41) is 38.3. The predicted octanol–water partition coefficient (Wildman–Crippen LogP) is -2.95. The minimum atomic E-state index is -2.53. The number of aliphatic hydroxyl groups is 4. The molecule has 1 fully saturated rings. The molecule has 1 unspecified atom stereocenters. The van der Waals surface area contributed by atoms with Crippen LogP contribution >= 0.6 is 0 Å². The van der Waals surface area contributed by atoms with E-state index in [1.807, 2.05) is 0 Å². The summed E-state index contributed by atoms with van der Waals surface area (Å²) >= 11 is 0. The van der Waals surface area contributed by atoms with Crippen LogP contribution < -0.4 is 5.73 Å². The molecular weight excluding hydrogens is 258 g/mol. The summed E-state index contributed by atoms with van der Waals surface area (Å²) < 4.78 is 4.92. The van der Waals surface area contributed by atoms with E-state index in [4.69, 9.17) is 15.6 Å². The Hall–Kier alpha value is -0.900. The van der Waals surface area contributed by atoms with Crippen molar-refractivity contribution in [2.24, 2.45) is 5.73 Å². The van der Waals surface area contributed by atoms with Crippen molar-refractivity contribution in [3.63, 3.8) is 0 Å². The van der Waals surface area contributed by atoms with Crippen LogP contribution in [0.25, 0.3) is 0 Å². The lowest BCUT2D eigenvalue weighted by Crippen LogP contribution is -2.71. The summed E-state index contributed by atoms with van der Waals surface area (Å²) in [5.41, 5.74) is 5.50. The third kappa shape index (κ3) is 3.16. The third-order valence-electron chi connectivity index (χ3n) is 3.17. The van der Waals surface area contributed by atoms with E-state index in [1.165, 1.54) is 6.92 Å². The predicted molar refractivity (Wildman–Crippen MR) is 61.8 cm³/mol. The molecule has 0 spiro atoms. The zero-order chi connectivity index (χ0) is 14.8. The monoisotopic (exact) mass is 277 g/mol. The number of nitrogens with two attached hydrogens (primary N) is 1. The van der Waals surface area contributed by atoms with E-state index in [2.05, 4.69) is 0 Å². The lowest BCUT2D eigenvalue weighted by molar-refractivity contribution is -0.297. The summed E-state index contributed by atoms with van der Waals surface area (Å²) in [6, 6.07) is -1.57. The van der Waals surface area contributed by atoms with Crippen molar-refractivity contribution in [3.05, 3.63) is 0 Å². The van der Waals surface area contributed by atoms with Crippen molar-refractivity contribution in [2.45, 2.75) is 49.9 Å². The van der Waals surface area contributed by atoms with Crippen LogP contribution in [0, 0.1) is 0 Å². The average molecular weight is 277 g/mol. The Labute approximate surface area is 109 Å². The molecule has 6 N–H and O–H groups in total. The molecule has 1 rings (SSSR count). The molecule has 110 valence electrons. The maximum absolute atomic E-state index is 11.9. The van der Waals surface area contributed by atoms with E-state index < -0.39 is 42.5 Å². The number of Topliss-reactive ketones (excluding diaryl/α,β-unsaturated/α-hetero) is 2. The Kier molecular flexibility index (Phi) is 5.13. The first kappa shape index (κ1) is 16.2. The Balaban J connectivity index is 2.88. The number of carbonyl (C=O) groups excluding carboxylic acids is 2. The van der Waals surface area contributed by atoms with Crippen molar-refractivity contribution in [1.82, 2.24) is 0 Å². The molecule has 1 saturated heterocycles. The molecule has 0 aromatic rings. The quantitative estimate of drug-likeness (QED) is 0.358. The molecule has 5 atom stereocenters. The highest BCUT2D eigenvalue weighted by molar-refractivity contribution is 5.90. The van der Waals surface area contributed by atoms with Gasteiger partial charge in [0.15, 0.2) is 5.78 Å². The van der Waals surface area contributed by atoms with Crippen molar-refractivity contribution < 1.29 is 34.8 Å². The maximum atomic E-state index is 11.9. The van der Waals surface area contributed by atoms with Gasteiger partial charge in [0.05, 0.1) is 12.6 Å². The average Bonchev–Trinajstić information content (AvgIpc) is 2.37. The molecular formula is C11H19NO7. The molecule has 0 saturated carbocycles. The highest BCUT2D eigenvalue weighted by Gasteiger charge is 2.55. The van der Waals surface area contributed by atoms with Gasteiger partial charge in [0.25, 0.3) is 0 Å². The van der Waals surface area contributed by atoms with Crippen LogP contribution in [0.3, 0.4) is 0 Å². The molecule has 1 heterocycles. The van der Waals surface area contributed by atoms with E-state index >= 15 is 0 Å². The highest BCUT2D eigenvalue weighted by atomic mass is 16.7. The van der Waals surface area contributed by atoms with E-state index in [0.717, 1.165) is 0 Å². The van der Waals surface area contributed by atoms with E-state index in [9.17, 15) is 24.9 Å². The maximum Gasteiger partial charge on any atom is 0.245 e. The topological polar surface area (TPSA) is 150 Å². The largest absolute Gasteiger partial charge is 0.394 e. The molecule has 1 aliphatic rings. The Morgan fingerprint density at radius 1 is 1.26 bits per heavy atom. The zero-order valence-corrected chi connectivity index (χ0v) is 10.5. The summed E-state index contributed by atoms with van der Waals surface area (Å²) in [6.45, 7) is 0.585. The second kappa shape index (κ2) is 6.04. The first-order chi connectivity index (χ1) is 8.74. The number of ketones is 2. The standard InChI is InChI=1S/C11H19NO7/c1-5(14)2-3-7(15)11(18)10(12)9(17)8(16)6(4-13)19-11/h6,8-10,13,16-18H,2-4,12H2,1H3/t6-,8-,9+,10+,11?/m1/s1. The Morgan fingerprint density at radius 2 is 1.84 bits per heavy atom. The molecule has 0 radical (unpaired) electrons. The molecule has 0 bridgehead atoms. The van der Waals surface area contributed by atoms with Gasteiger partial charge >= 0.3 is 0 Å². The molecule has 0 amide bonds. The van der Waals surface area contributed by atoms with Crippen LogP contribution in [-0.2, 0) is 14.3 Å². The second-order valence-corrected chi connectivity index (χ2v) is 4.67. The minimum absolute atomic E-state index is 0.0976. The molecule has 8 nitrogen and oxygen atoms in total. The van der Waals surface area contributed by atoms with Gasteiger partial charge in [-0.05, 0) is 6.92 Å². The van der Waals surface area contributed by atoms with Gasteiger partial charge in [-0.15, -0.1) is 0 Å². The van der Waals surface area contributed by atoms with Gasteiger partial charge < -0.3 is 35.7 Å². The summed E-state index contributed by atoms with van der Waals surface area (Å²) in [5.74, 6) is -3.65. The number of ether oxygens (including phenoxy) is 1. The first-order valence-corrected chi connectivity index (χ1v) is 5.89. The molecule has 19 heavy (non-hydrogen) atoms. The fraction of sp³-hybridized carbons (Fsp3) is 0.818. The van der Waals surface area contributed by atoms with Crippen LogP contribution in [0.15, 0.2) is 0 Å². The Bertz CT molecular complexity index is 359. The van der Waals surface area contributed by atoms with Crippen LogP contribution in [0.1, 0.15) is 19.8 Å². The SMILES string of the molecule is CC(=O)CCC(=O)C1(O)O[C@H](CO)[C@@H](O)[C@H](O)[C@@H]1N. The number of hydrogen-bond donors (Lipinski definition) is 5. The van der Waals surface area contributed by atoms with Gasteiger partial charge in [-0.1, -0.05) is 0 Å². The van der Waals surface area contributed by atoms with Crippen molar-refractivity contribution in [1.29, 1.82) is 0 Å². The van der Waals surface area contributed by atoms with Crippen LogP contribution in [0.2, 0.25) is 0 Å². The van der Waals surface area contributed by atoms with Crippen molar-refractivity contribution in [3.8, 4) is 0 Å². The summed E-state index contributed by atoms with van der Waals surface area (Å²) in [7, 11) is 0. The number of aliphatic hydroxyl groups excluding tert-OH is 3. The fourth-order valence-electron chi connectivity index (χ4n) is 1.91. The molecule has 1 aliphatic heterocycles. The van der Waals surface area contributed by atoms with Gasteiger partial charge in [-0.2, -0.15) is 0 Å². The number of carbonyl (C=O) groups is 2. The van der Waals surface area contributed by atoms with Crippen LogP contribution in [-0.4, -0.2) is 68.7 Å². The lowest BCUT2D eigenvalue weighted by Gasteiger charge is -2.45. The molecule has 0 aromatic heterocycles. The van der Waals surface area contributed by atoms with Crippen molar-refractivity contribution in [2.75, 3.05) is 6.61 Å². The van der Waals surface area contributed by atoms with E-state index in [0.29, 0.717) is 0 Å². The van der Waals surface area contributed by atoms with E-state index in [-0.39, 0.29) is 18.6 Å². The molecule has 0 aliphatic carbocycles. The summed E-state index contributed by atoms with van der Waals surface area (Å²) in [6.07, 6.45) is -4.88. The van der Waals surface area contributed by atoms with Gasteiger partial charge in [-0.25, -0.2) is 0 Å². The third-order valence-corrected chi connectivity index (χ3v) is 3.17. The number of hydrogen-bond acceptors (Lipinski definition) is 8. The van der Waals surface area contributed by atoms with Crippen LogP contribution in [0.5, 0.6) is 0 Å². The van der Waals surface area contributed by atoms with E-state index in [1.54, 1.807) is 0 Å².